The van der Waals surface area contributed by atoms with Crippen LogP contribution < -0.4 is 9.47 Å². The smallest absolute Gasteiger partial charge is 0.230 e. The summed E-state index contributed by atoms with van der Waals surface area (Å²) in [4.78, 5) is 11.3. The molecule has 3 nitrogen and oxygen atoms in total. The Bertz CT molecular complexity index is 672. The number of hydrogen-bond acceptors (Lipinski definition) is 3. The number of ether oxygens (including phenoxy) is 2. The molecule has 0 radical (unpaired) electrons. The van der Waals surface area contributed by atoms with Gasteiger partial charge in [0.05, 0.1) is 0 Å². The van der Waals surface area contributed by atoms with Gasteiger partial charge >= 0.3 is 0 Å². The van der Waals surface area contributed by atoms with E-state index in [4.69, 9.17) is 9.47 Å². The maximum absolute atomic E-state index is 11.3. The SMILES string of the molecule is C=CC(=O)CCc1ccc(OCOc2ccc(CCCCC)cc2)cc1. The molecule has 2 aromatic carbocycles. The molecule has 0 amide bonds. The van der Waals surface area contributed by atoms with Crippen LogP contribution in [0.4, 0.5) is 0 Å². The zero-order chi connectivity index (χ0) is 18.6. The summed E-state index contributed by atoms with van der Waals surface area (Å²) in [5, 5.41) is 0. The van der Waals surface area contributed by atoms with Gasteiger partial charge in [-0.3, -0.25) is 4.79 Å². The van der Waals surface area contributed by atoms with E-state index >= 15 is 0 Å². The van der Waals surface area contributed by atoms with E-state index in [1.807, 2.05) is 36.4 Å². The first kappa shape index (κ1) is 19.8. The van der Waals surface area contributed by atoms with Gasteiger partial charge in [0.15, 0.2) is 5.78 Å². The number of rotatable bonds is 12. The highest BCUT2D eigenvalue weighted by atomic mass is 16.7. The number of allylic oxidation sites excluding steroid dienone is 1. The third kappa shape index (κ3) is 7.14. The minimum Gasteiger partial charge on any atom is -0.458 e. The Morgan fingerprint density at radius 1 is 0.885 bits per heavy atom. The lowest BCUT2D eigenvalue weighted by Crippen LogP contribution is -2.05. The highest BCUT2D eigenvalue weighted by molar-refractivity contribution is 5.89. The maximum Gasteiger partial charge on any atom is 0.230 e. The zero-order valence-electron chi connectivity index (χ0n) is 15.6. The van der Waals surface area contributed by atoms with Gasteiger partial charge in [0, 0.05) is 6.42 Å². The zero-order valence-corrected chi connectivity index (χ0v) is 15.6. The van der Waals surface area contributed by atoms with Crippen LogP contribution in [0, 0.1) is 0 Å². The average molecular weight is 352 g/mol. The van der Waals surface area contributed by atoms with Crippen molar-refractivity contribution in [1.29, 1.82) is 0 Å². The van der Waals surface area contributed by atoms with E-state index in [1.54, 1.807) is 0 Å². The molecule has 0 aliphatic heterocycles. The van der Waals surface area contributed by atoms with Crippen molar-refractivity contribution >= 4 is 5.78 Å². The Morgan fingerprint density at radius 3 is 1.92 bits per heavy atom. The number of carbonyl (C=O) groups is 1. The highest BCUT2D eigenvalue weighted by Gasteiger charge is 2.00. The van der Waals surface area contributed by atoms with Gasteiger partial charge in [-0.15, -0.1) is 0 Å². The fraction of sp³-hybridized carbons (Fsp3) is 0.348. The van der Waals surface area contributed by atoms with Crippen molar-refractivity contribution < 1.29 is 14.3 Å². The lowest BCUT2D eigenvalue weighted by Gasteiger charge is -2.10. The number of benzene rings is 2. The Kier molecular flexibility index (Phi) is 8.47. The Morgan fingerprint density at radius 2 is 1.42 bits per heavy atom. The molecule has 0 aliphatic rings. The van der Waals surface area contributed by atoms with Crippen LogP contribution in [0.25, 0.3) is 0 Å². The predicted octanol–water partition coefficient (Wildman–Crippen LogP) is 5.52. The van der Waals surface area contributed by atoms with Gasteiger partial charge in [0.2, 0.25) is 6.79 Å². The van der Waals surface area contributed by atoms with Gasteiger partial charge in [0.25, 0.3) is 0 Å². The summed E-state index contributed by atoms with van der Waals surface area (Å²) < 4.78 is 11.3. The minimum atomic E-state index is 0.0649. The molecular formula is C23H28O3. The second-order valence-electron chi connectivity index (χ2n) is 6.32. The molecule has 0 atom stereocenters. The monoisotopic (exact) mass is 352 g/mol. The first-order valence-electron chi connectivity index (χ1n) is 9.30. The molecule has 2 aromatic rings. The predicted molar refractivity (Wildman–Crippen MR) is 106 cm³/mol. The second kappa shape index (κ2) is 11.1. The minimum absolute atomic E-state index is 0.0649. The summed E-state index contributed by atoms with van der Waals surface area (Å²) in [5.41, 5.74) is 2.45. The Hall–Kier alpha value is -2.55. The van der Waals surface area contributed by atoms with Gasteiger partial charge in [-0.25, -0.2) is 0 Å². The van der Waals surface area contributed by atoms with Gasteiger partial charge in [0.1, 0.15) is 11.5 Å². The van der Waals surface area contributed by atoms with Crippen LogP contribution in [0.5, 0.6) is 11.5 Å². The van der Waals surface area contributed by atoms with E-state index in [2.05, 4.69) is 25.6 Å². The molecule has 26 heavy (non-hydrogen) atoms. The Balaban J connectivity index is 1.71. The number of ketones is 1. The van der Waals surface area contributed by atoms with Crippen molar-refractivity contribution in [3.63, 3.8) is 0 Å². The fourth-order valence-electron chi connectivity index (χ4n) is 2.62. The molecule has 0 aliphatic carbocycles. The number of unbranched alkanes of at least 4 members (excludes halogenated alkanes) is 2. The normalized spacial score (nSPS) is 10.3. The van der Waals surface area contributed by atoms with Crippen LogP contribution >= 0.6 is 0 Å². The van der Waals surface area contributed by atoms with E-state index < -0.39 is 0 Å². The van der Waals surface area contributed by atoms with Gasteiger partial charge in [-0.2, -0.15) is 0 Å². The summed E-state index contributed by atoms with van der Waals surface area (Å²) in [6.45, 7) is 5.87. The Labute approximate surface area is 156 Å². The van der Waals surface area contributed by atoms with Gasteiger partial charge in [-0.05, 0) is 60.7 Å². The van der Waals surface area contributed by atoms with Crippen LogP contribution in [0.1, 0.15) is 43.7 Å². The molecule has 0 bridgehead atoms. The van der Waals surface area contributed by atoms with Gasteiger partial charge in [-0.1, -0.05) is 50.6 Å². The molecule has 0 aromatic heterocycles. The third-order valence-electron chi connectivity index (χ3n) is 4.25. The fourth-order valence-corrected chi connectivity index (χ4v) is 2.62. The highest BCUT2D eigenvalue weighted by Crippen LogP contribution is 2.16. The van der Waals surface area contributed by atoms with E-state index in [0.29, 0.717) is 12.8 Å². The molecule has 0 saturated heterocycles. The first-order valence-corrected chi connectivity index (χ1v) is 9.30. The summed E-state index contributed by atoms with van der Waals surface area (Å²) >= 11 is 0. The van der Waals surface area contributed by atoms with E-state index in [0.717, 1.165) is 23.5 Å². The van der Waals surface area contributed by atoms with Crippen LogP contribution in [-0.4, -0.2) is 12.6 Å². The van der Waals surface area contributed by atoms with Crippen LogP contribution in [0.3, 0.4) is 0 Å². The number of carbonyl (C=O) groups excluding carboxylic acids is 1. The van der Waals surface area contributed by atoms with Crippen molar-refractivity contribution in [3.8, 4) is 11.5 Å². The van der Waals surface area contributed by atoms with Gasteiger partial charge < -0.3 is 9.47 Å². The maximum atomic E-state index is 11.3. The summed E-state index contributed by atoms with van der Waals surface area (Å²) in [7, 11) is 0. The molecule has 3 heteroatoms. The van der Waals surface area contributed by atoms with Crippen molar-refractivity contribution in [2.24, 2.45) is 0 Å². The molecule has 2 rings (SSSR count). The third-order valence-corrected chi connectivity index (χ3v) is 4.25. The molecule has 0 spiro atoms. The topological polar surface area (TPSA) is 35.5 Å². The number of aryl methyl sites for hydroxylation is 2. The largest absolute Gasteiger partial charge is 0.458 e. The van der Waals surface area contributed by atoms with E-state index in [1.165, 1.54) is 30.9 Å². The molecule has 0 N–H and O–H groups in total. The van der Waals surface area contributed by atoms with Crippen molar-refractivity contribution in [3.05, 3.63) is 72.3 Å². The number of hydrogen-bond donors (Lipinski definition) is 0. The standard InChI is InChI=1S/C23H28O3/c1-3-5-6-7-19-9-14-22(15-10-19)25-18-26-23-16-11-20(12-17-23)8-13-21(24)4-2/h4,9-12,14-17H,2-3,5-8,13,18H2,1H3. The van der Waals surface area contributed by atoms with Crippen LogP contribution in [-0.2, 0) is 17.6 Å². The summed E-state index contributed by atoms with van der Waals surface area (Å²) in [6, 6.07) is 15.9. The average Bonchev–Trinajstić information content (AvgIpc) is 2.68. The molecule has 0 saturated carbocycles. The quantitative estimate of drug-likeness (QED) is 0.286. The lowest BCUT2D eigenvalue weighted by atomic mass is 10.1. The van der Waals surface area contributed by atoms with E-state index in [9.17, 15) is 4.79 Å². The molecule has 138 valence electrons. The molecular weight excluding hydrogens is 324 g/mol. The van der Waals surface area contributed by atoms with Crippen LogP contribution in [0.2, 0.25) is 0 Å². The summed E-state index contributed by atoms with van der Waals surface area (Å²) in [6.07, 6.45) is 7.44. The molecule has 0 heterocycles. The first-order chi connectivity index (χ1) is 12.7. The van der Waals surface area contributed by atoms with Crippen LogP contribution in [0.15, 0.2) is 61.2 Å². The second-order valence-corrected chi connectivity index (χ2v) is 6.32. The van der Waals surface area contributed by atoms with E-state index in [-0.39, 0.29) is 12.6 Å². The molecule has 0 fully saturated rings. The summed E-state index contributed by atoms with van der Waals surface area (Å²) in [5.74, 6) is 1.62. The molecule has 0 unspecified atom stereocenters. The van der Waals surface area contributed by atoms with Crippen molar-refractivity contribution in [2.45, 2.75) is 45.4 Å². The lowest BCUT2D eigenvalue weighted by molar-refractivity contribution is -0.114. The van der Waals surface area contributed by atoms with Crippen molar-refractivity contribution in [1.82, 2.24) is 0 Å². The van der Waals surface area contributed by atoms with Crippen molar-refractivity contribution in [2.75, 3.05) is 6.79 Å².